The molecular formula is C20H15N3O3S. The summed E-state index contributed by atoms with van der Waals surface area (Å²) in [6.07, 6.45) is 4.71. The summed E-state index contributed by atoms with van der Waals surface area (Å²) in [6, 6.07) is 14.8. The number of oxazole rings is 1. The Morgan fingerprint density at radius 3 is 2.85 bits per heavy atom. The molecular weight excluding hydrogens is 362 g/mol. The van der Waals surface area contributed by atoms with Crippen LogP contribution in [0.1, 0.15) is 9.67 Å². The van der Waals surface area contributed by atoms with Crippen LogP contribution in [0, 0.1) is 0 Å². The molecule has 6 nitrogen and oxygen atoms in total. The number of thiophene rings is 1. The normalized spacial score (nSPS) is 10.6. The average molecular weight is 377 g/mol. The van der Waals surface area contributed by atoms with Gasteiger partial charge in [-0.2, -0.15) is 0 Å². The minimum absolute atomic E-state index is 0.184. The number of rotatable bonds is 5. The number of carbonyl (C=O) groups is 1. The van der Waals surface area contributed by atoms with Crippen molar-refractivity contribution in [2.75, 3.05) is 12.4 Å². The number of carbonyl (C=O) groups excluding carboxylic acids is 1. The van der Waals surface area contributed by atoms with Crippen LogP contribution >= 0.6 is 11.3 Å². The van der Waals surface area contributed by atoms with Crippen LogP contribution < -0.4 is 10.1 Å². The molecule has 1 amide bonds. The lowest BCUT2D eigenvalue weighted by atomic mass is 10.1. The van der Waals surface area contributed by atoms with Crippen molar-refractivity contribution in [3.8, 4) is 27.6 Å². The quantitative estimate of drug-likeness (QED) is 0.544. The van der Waals surface area contributed by atoms with Crippen LogP contribution in [0.5, 0.6) is 5.75 Å². The number of ether oxygens (including phenoxy) is 1. The number of anilines is 1. The number of hydrogen-bond donors (Lipinski definition) is 1. The molecule has 134 valence electrons. The lowest BCUT2D eigenvalue weighted by Gasteiger charge is -2.09. The Bertz CT molecular complexity index is 1060. The van der Waals surface area contributed by atoms with E-state index in [0.717, 1.165) is 16.1 Å². The Kier molecular flexibility index (Phi) is 4.67. The van der Waals surface area contributed by atoms with Crippen LogP contribution in [-0.2, 0) is 0 Å². The zero-order chi connectivity index (χ0) is 18.6. The van der Waals surface area contributed by atoms with Crippen LogP contribution in [-0.4, -0.2) is 23.0 Å². The fourth-order valence-corrected chi connectivity index (χ4v) is 3.50. The summed E-state index contributed by atoms with van der Waals surface area (Å²) in [5.74, 6) is 1.00. The summed E-state index contributed by atoms with van der Waals surface area (Å²) in [5, 5.41) is 2.90. The van der Waals surface area contributed by atoms with Crippen LogP contribution in [0.2, 0.25) is 0 Å². The lowest BCUT2D eigenvalue weighted by molar-refractivity contribution is 0.103. The zero-order valence-corrected chi connectivity index (χ0v) is 15.2. The van der Waals surface area contributed by atoms with Gasteiger partial charge in [-0.3, -0.25) is 9.78 Å². The van der Waals surface area contributed by atoms with Gasteiger partial charge >= 0.3 is 0 Å². The minimum atomic E-state index is -0.184. The molecule has 0 atom stereocenters. The maximum Gasteiger partial charge on any atom is 0.265 e. The predicted octanol–water partition coefficient (Wildman–Crippen LogP) is 4.73. The van der Waals surface area contributed by atoms with E-state index in [2.05, 4.69) is 15.3 Å². The van der Waals surface area contributed by atoms with Gasteiger partial charge in [-0.05, 0) is 36.4 Å². The number of nitrogens with zero attached hydrogens (tertiary/aromatic N) is 2. The minimum Gasteiger partial charge on any atom is -0.496 e. The summed E-state index contributed by atoms with van der Waals surface area (Å²) >= 11 is 1.40. The van der Waals surface area contributed by atoms with Crippen molar-refractivity contribution >= 4 is 22.9 Å². The van der Waals surface area contributed by atoms with Crippen LogP contribution in [0.3, 0.4) is 0 Å². The van der Waals surface area contributed by atoms with Crippen molar-refractivity contribution < 1.29 is 13.9 Å². The lowest BCUT2D eigenvalue weighted by Crippen LogP contribution is -2.10. The van der Waals surface area contributed by atoms with Gasteiger partial charge in [-0.1, -0.05) is 6.07 Å². The molecule has 0 aliphatic rings. The van der Waals surface area contributed by atoms with Crippen LogP contribution in [0.15, 0.2) is 71.7 Å². The van der Waals surface area contributed by atoms with Crippen molar-refractivity contribution in [2.45, 2.75) is 0 Å². The maximum atomic E-state index is 12.6. The molecule has 27 heavy (non-hydrogen) atoms. The second kappa shape index (κ2) is 7.43. The van der Waals surface area contributed by atoms with E-state index in [1.165, 1.54) is 17.7 Å². The van der Waals surface area contributed by atoms with Gasteiger partial charge < -0.3 is 14.5 Å². The molecule has 0 saturated heterocycles. The average Bonchev–Trinajstić information content (AvgIpc) is 3.41. The fourth-order valence-electron chi connectivity index (χ4n) is 2.62. The van der Waals surface area contributed by atoms with Gasteiger partial charge in [0.1, 0.15) is 5.75 Å². The molecule has 0 aliphatic heterocycles. The van der Waals surface area contributed by atoms with E-state index in [4.69, 9.17) is 9.15 Å². The molecule has 1 aromatic carbocycles. The van der Waals surface area contributed by atoms with E-state index in [9.17, 15) is 4.79 Å². The molecule has 0 bridgehead atoms. The maximum absolute atomic E-state index is 12.6. The SMILES string of the molecule is COc1cc(NC(=O)c2ccc(-c3ccccn3)s2)ccc1-c1cnco1. The van der Waals surface area contributed by atoms with E-state index in [1.54, 1.807) is 37.7 Å². The van der Waals surface area contributed by atoms with Crippen molar-refractivity contribution in [3.05, 3.63) is 72.2 Å². The highest BCUT2D eigenvalue weighted by atomic mass is 32.1. The Labute approximate surface area is 159 Å². The monoisotopic (exact) mass is 377 g/mol. The third kappa shape index (κ3) is 3.58. The highest BCUT2D eigenvalue weighted by Crippen LogP contribution is 2.33. The first-order valence-electron chi connectivity index (χ1n) is 8.14. The van der Waals surface area contributed by atoms with Gasteiger partial charge in [0.15, 0.2) is 12.2 Å². The predicted molar refractivity (Wildman–Crippen MR) is 104 cm³/mol. The summed E-state index contributed by atoms with van der Waals surface area (Å²) < 4.78 is 10.7. The molecule has 0 unspecified atom stereocenters. The number of amides is 1. The molecule has 0 radical (unpaired) electrons. The van der Waals surface area contributed by atoms with Gasteiger partial charge in [0.2, 0.25) is 0 Å². The molecule has 0 fully saturated rings. The van der Waals surface area contributed by atoms with Crippen molar-refractivity contribution in [1.29, 1.82) is 0 Å². The number of pyridine rings is 1. The van der Waals surface area contributed by atoms with Crippen LogP contribution in [0.4, 0.5) is 5.69 Å². The third-order valence-electron chi connectivity index (χ3n) is 3.90. The van der Waals surface area contributed by atoms with E-state index < -0.39 is 0 Å². The number of aromatic nitrogens is 2. The molecule has 7 heteroatoms. The molecule has 0 spiro atoms. The Balaban J connectivity index is 1.54. The first-order valence-corrected chi connectivity index (χ1v) is 8.96. The summed E-state index contributed by atoms with van der Waals surface area (Å²) in [5.41, 5.74) is 2.24. The molecule has 3 aromatic heterocycles. The zero-order valence-electron chi connectivity index (χ0n) is 14.4. The molecule has 4 rings (SSSR count). The van der Waals surface area contributed by atoms with E-state index in [0.29, 0.717) is 22.1 Å². The molecule has 3 heterocycles. The second-order valence-corrected chi connectivity index (χ2v) is 6.70. The summed E-state index contributed by atoms with van der Waals surface area (Å²) in [4.78, 5) is 22.4. The van der Waals surface area contributed by atoms with Gasteiger partial charge in [0, 0.05) is 18.0 Å². The third-order valence-corrected chi connectivity index (χ3v) is 5.01. The molecule has 0 aliphatic carbocycles. The van der Waals surface area contributed by atoms with Crippen molar-refractivity contribution in [2.24, 2.45) is 0 Å². The Morgan fingerprint density at radius 2 is 2.11 bits per heavy atom. The topological polar surface area (TPSA) is 77.2 Å². The highest BCUT2D eigenvalue weighted by molar-refractivity contribution is 7.17. The molecule has 0 saturated carbocycles. The standard InChI is InChI=1S/C20H15N3O3S/c1-25-16-10-13(5-6-14(16)17-11-21-12-26-17)23-20(24)19-8-7-18(27-19)15-4-2-3-9-22-15/h2-12H,1H3,(H,23,24). The van der Waals surface area contributed by atoms with Crippen molar-refractivity contribution in [1.82, 2.24) is 9.97 Å². The van der Waals surface area contributed by atoms with Gasteiger partial charge in [0.05, 0.1) is 34.3 Å². The first kappa shape index (κ1) is 17.0. The van der Waals surface area contributed by atoms with Crippen LogP contribution in [0.25, 0.3) is 21.9 Å². The van der Waals surface area contributed by atoms with E-state index in [1.807, 2.05) is 30.3 Å². The van der Waals surface area contributed by atoms with Crippen molar-refractivity contribution in [3.63, 3.8) is 0 Å². The number of hydrogen-bond acceptors (Lipinski definition) is 6. The summed E-state index contributed by atoms with van der Waals surface area (Å²) in [6.45, 7) is 0. The summed E-state index contributed by atoms with van der Waals surface area (Å²) in [7, 11) is 1.57. The smallest absolute Gasteiger partial charge is 0.265 e. The first-order chi connectivity index (χ1) is 13.2. The Hall–Kier alpha value is -3.45. The highest BCUT2D eigenvalue weighted by Gasteiger charge is 2.14. The Morgan fingerprint density at radius 1 is 1.19 bits per heavy atom. The largest absolute Gasteiger partial charge is 0.496 e. The number of methoxy groups -OCH3 is 1. The van der Waals surface area contributed by atoms with E-state index >= 15 is 0 Å². The molecule has 1 N–H and O–H groups in total. The number of nitrogens with one attached hydrogen (secondary N) is 1. The second-order valence-electron chi connectivity index (χ2n) is 5.61. The number of benzene rings is 1. The fraction of sp³-hybridized carbons (Fsp3) is 0.0500. The van der Waals surface area contributed by atoms with Gasteiger partial charge in [0.25, 0.3) is 5.91 Å². The van der Waals surface area contributed by atoms with Gasteiger partial charge in [-0.15, -0.1) is 11.3 Å². The molecule has 4 aromatic rings. The van der Waals surface area contributed by atoms with Gasteiger partial charge in [-0.25, -0.2) is 4.98 Å². The van der Waals surface area contributed by atoms with E-state index in [-0.39, 0.29) is 5.91 Å².